The van der Waals surface area contributed by atoms with E-state index in [-0.39, 0.29) is 11.3 Å². The minimum Gasteiger partial charge on any atom is -0.434 e. The second-order valence-electron chi connectivity index (χ2n) is 5.86. The van der Waals surface area contributed by atoms with Crippen molar-refractivity contribution in [1.82, 2.24) is 0 Å². The largest absolute Gasteiger partial charge is 0.434 e. The van der Waals surface area contributed by atoms with E-state index in [1.54, 1.807) is 14.1 Å². The molecule has 2 aromatic carbocycles. The van der Waals surface area contributed by atoms with Gasteiger partial charge in [-0.2, -0.15) is 22.0 Å². The van der Waals surface area contributed by atoms with Crippen molar-refractivity contribution >= 4 is 23.4 Å². The summed E-state index contributed by atoms with van der Waals surface area (Å²) in [5, 5.41) is 2.16. The Morgan fingerprint density at radius 1 is 1.14 bits per heavy atom. The Kier molecular flexibility index (Phi) is 6.61. The molecule has 9 heteroatoms. The number of rotatable bonds is 6. The van der Waals surface area contributed by atoms with E-state index in [0.29, 0.717) is 5.69 Å². The Balaban J connectivity index is 2.23. The Morgan fingerprint density at radius 2 is 1.82 bits per heavy atom. The number of hydrogen-bond acceptors (Lipinski definition) is 3. The van der Waals surface area contributed by atoms with E-state index in [2.05, 4.69) is 10.1 Å². The fraction of sp³-hybridized carbons (Fsp3) is 0.211. The molecule has 0 aliphatic rings. The molecule has 0 aliphatic heterocycles. The lowest BCUT2D eigenvalue weighted by Crippen LogP contribution is -2.16. The summed E-state index contributed by atoms with van der Waals surface area (Å²) in [4.78, 5) is 13.6. The second kappa shape index (κ2) is 8.73. The monoisotopic (exact) mass is 400 g/mol. The van der Waals surface area contributed by atoms with Gasteiger partial charge in [0, 0.05) is 31.4 Å². The van der Waals surface area contributed by atoms with Gasteiger partial charge in [0.2, 0.25) is 5.91 Å². The molecular weight excluding hydrogens is 383 g/mol. The fourth-order valence-corrected chi connectivity index (χ4v) is 2.32. The summed E-state index contributed by atoms with van der Waals surface area (Å²) in [5.74, 6) is -1.01. The number of nitrogens with one attached hydrogen (secondary N) is 1. The molecule has 0 saturated heterocycles. The minimum atomic E-state index is -4.67. The second-order valence-corrected chi connectivity index (χ2v) is 5.86. The van der Waals surface area contributed by atoms with Crippen molar-refractivity contribution in [3.05, 3.63) is 59.7 Å². The van der Waals surface area contributed by atoms with Crippen LogP contribution in [-0.2, 0) is 11.0 Å². The fourth-order valence-electron chi connectivity index (χ4n) is 2.32. The average molecular weight is 400 g/mol. The Bertz CT molecular complexity index is 864. The number of amides is 1. The van der Waals surface area contributed by atoms with Crippen molar-refractivity contribution in [3.8, 4) is 5.75 Å². The van der Waals surface area contributed by atoms with Gasteiger partial charge >= 0.3 is 12.8 Å². The van der Waals surface area contributed by atoms with Crippen molar-refractivity contribution in [2.24, 2.45) is 0 Å². The van der Waals surface area contributed by atoms with E-state index in [0.717, 1.165) is 18.2 Å². The molecule has 0 atom stereocenters. The highest BCUT2D eigenvalue weighted by molar-refractivity contribution is 6.02. The van der Waals surface area contributed by atoms with Gasteiger partial charge in [-0.05, 0) is 30.3 Å². The van der Waals surface area contributed by atoms with Crippen LogP contribution >= 0.6 is 0 Å². The van der Waals surface area contributed by atoms with Crippen LogP contribution in [0.1, 0.15) is 11.1 Å². The van der Waals surface area contributed by atoms with Crippen molar-refractivity contribution in [2.45, 2.75) is 12.8 Å². The van der Waals surface area contributed by atoms with Gasteiger partial charge in [-0.1, -0.05) is 18.2 Å². The summed E-state index contributed by atoms with van der Waals surface area (Å²) in [6.45, 7) is -3.05. The molecular formula is C19H17F5N2O2. The zero-order valence-electron chi connectivity index (χ0n) is 14.9. The van der Waals surface area contributed by atoms with Crippen LogP contribution in [0.4, 0.5) is 33.3 Å². The van der Waals surface area contributed by atoms with Crippen LogP contribution in [-0.4, -0.2) is 26.6 Å². The first-order valence-electron chi connectivity index (χ1n) is 7.99. The summed E-state index contributed by atoms with van der Waals surface area (Å²) in [5.41, 5.74) is -0.914. The Hall–Kier alpha value is -3.10. The molecule has 0 unspecified atom stereocenters. The van der Waals surface area contributed by atoms with Crippen LogP contribution in [0, 0.1) is 0 Å². The van der Waals surface area contributed by atoms with Crippen molar-refractivity contribution in [2.75, 3.05) is 24.3 Å². The number of anilines is 2. The first kappa shape index (κ1) is 21.2. The van der Waals surface area contributed by atoms with Crippen LogP contribution in [0.2, 0.25) is 0 Å². The van der Waals surface area contributed by atoms with Crippen molar-refractivity contribution < 1.29 is 31.5 Å². The molecule has 0 fully saturated rings. The maximum atomic E-state index is 13.3. The van der Waals surface area contributed by atoms with Crippen molar-refractivity contribution in [3.63, 3.8) is 0 Å². The molecule has 0 aromatic heterocycles. The highest BCUT2D eigenvalue weighted by Gasteiger charge is 2.34. The number of para-hydroxylation sites is 1. The SMILES string of the molecule is CN(C)c1ccc(NC(=O)/C=C/c2ccccc2OC(F)F)c(C(F)(F)F)c1. The molecule has 150 valence electrons. The summed E-state index contributed by atoms with van der Waals surface area (Å²) >= 11 is 0. The highest BCUT2D eigenvalue weighted by atomic mass is 19.4. The highest BCUT2D eigenvalue weighted by Crippen LogP contribution is 2.37. The number of carbonyl (C=O) groups excluding carboxylic acids is 1. The van der Waals surface area contributed by atoms with Gasteiger partial charge < -0.3 is 15.0 Å². The third-order valence-corrected chi connectivity index (χ3v) is 3.63. The van der Waals surface area contributed by atoms with Crippen molar-refractivity contribution in [1.29, 1.82) is 0 Å². The normalized spacial score (nSPS) is 11.7. The lowest BCUT2D eigenvalue weighted by molar-refractivity contribution is -0.136. The van der Waals surface area contributed by atoms with E-state index in [4.69, 9.17) is 0 Å². The molecule has 1 amide bonds. The summed E-state index contributed by atoms with van der Waals surface area (Å²) < 4.78 is 69.0. The maximum absolute atomic E-state index is 13.3. The number of halogens is 5. The molecule has 2 aromatic rings. The number of benzene rings is 2. The van der Waals surface area contributed by atoms with Crippen LogP contribution in [0.25, 0.3) is 6.08 Å². The third kappa shape index (κ3) is 5.70. The van der Waals surface area contributed by atoms with E-state index < -0.39 is 29.9 Å². The van der Waals surface area contributed by atoms with Gasteiger partial charge in [0.25, 0.3) is 0 Å². The van der Waals surface area contributed by atoms with E-state index in [1.165, 1.54) is 41.3 Å². The van der Waals surface area contributed by atoms with Gasteiger partial charge in [0.05, 0.1) is 11.3 Å². The third-order valence-electron chi connectivity index (χ3n) is 3.63. The first-order chi connectivity index (χ1) is 13.1. The Morgan fingerprint density at radius 3 is 2.43 bits per heavy atom. The van der Waals surface area contributed by atoms with Gasteiger partial charge in [-0.3, -0.25) is 4.79 Å². The number of alkyl halides is 5. The summed E-state index contributed by atoms with van der Waals surface area (Å²) in [7, 11) is 3.19. The molecule has 0 radical (unpaired) electrons. The zero-order chi connectivity index (χ0) is 20.9. The van der Waals surface area contributed by atoms with Crippen LogP contribution in [0.15, 0.2) is 48.5 Å². The maximum Gasteiger partial charge on any atom is 0.418 e. The van der Waals surface area contributed by atoms with Gasteiger partial charge in [0.1, 0.15) is 5.75 Å². The van der Waals surface area contributed by atoms with E-state index in [1.807, 2.05) is 0 Å². The molecule has 1 N–H and O–H groups in total. The van der Waals surface area contributed by atoms with Crippen LogP contribution in [0.5, 0.6) is 5.75 Å². The molecule has 0 spiro atoms. The molecule has 4 nitrogen and oxygen atoms in total. The standard InChI is InChI=1S/C19H17F5N2O2/c1-26(2)13-8-9-15(14(11-13)19(22,23)24)25-17(27)10-7-12-5-3-4-6-16(12)28-18(20)21/h3-11,18H,1-2H3,(H,25,27)/b10-7+. The van der Waals surface area contributed by atoms with E-state index in [9.17, 15) is 26.7 Å². The number of nitrogens with zero attached hydrogens (tertiary/aromatic N) is 1. The first-order valence-corrected chi connectivity index (χ1v) is 7.99. The topological polar surface area (TPSA) is 41.6 Å². The molecule has 0 saturated carbocycles. The Labute approximate surface area is 158 Å². The van der Waals surface area contributed by atoms with Gasteiger partial charge in [-0.25, -0.2) is 0 Å². The predicted molar refractivity (Wildman–Crippen MR) is 96.5 cm³/mol. The van der Waals surface area contributed by atoms with Crippen LogP contribution in [0.3, 0.4) is 0 Å². The molecule has 28 heavy (non-hydrogen) atoms. The number of hydrogen-bond donors (Lipinski definition) is 1. The lowest BCUT2D eigenvalue weighted by Gasteiger charge is -2.18. The number of ether oxygens (including phenoxy) is 1. The molecule has 2 rings (SSSR count). The minimum absolute atomic E-state index is 0.159. The average Bonchev–Trinajstić information content (AvgIpc) is 2.59. The quantitative estimate of drug-likeness (QED) is 0.547. The number of carbonyl (C=O) groups is 1. The summed E-state index contributed by atoms with van der Waals surface area (Å²) in [6, 6.07) is 9.22. The predicted octanol–water partition coefficient (Wildman–Crippen LogP) is 5.02. The lowest BCUT2D eigenvalue weighted by atomic mass is 10.1. The smallest absolute Gasteiger partial charge is 0.418 e. The molecule has 0 bridgehead atoms. The van der Waals surface area contributed by atoms with E-state index >= 15 is 0 Å². The van der Waals surface area contributed by atoms with Gasteiger partial charge in [0.15, 0.2) is 0 Å². The van der Waals surface area contributed by atoms with Gasteiger partial charge in [-0.15, -0.1) is 0 Å². The summed E-state index contributed by atoms with van der Waals surface area (Å²) in [6.07, 6.45) is -2.56. The van der Waals surface area contributed by atoms with Crippen LogP contribution < -0.4 is 15.0 Å². The molecule has 0 aliphatic carbocycles. The zero-order valence-corrected chi connectivity index (χ0v) is 14.9. The molecule has 0 heterocycles.